The first kappa shape index (κ1) is 12.9. The maximum atomic E-state index is 5.84. The Hall–Kier alpha value is -0.160. The molecule has 1 saturated heterocycles. The van der Waals surface area contributed by atoms with Crippen LogP contribution in [0.3, 0.4) is 0 Å². The average Bonchev–Trinajstić information content (AvgIpc) is 2.26. The van der Waals surface area contributed by atoms with Crippen molar-refractivity contribution in [1.29, 1.82) is 0 Å². The maximum absolute atomic E-state index is 5.84. The van der Waals surface area contributed by atoms with Gasteiger partial charge in [-0.25, -0.2) is 0 Å². The number of nitrogens with two attached hydrogens (primary N) is 1. The molecule has 0 aliphatic carbocycles. The molecule has 0 amide bonds. The van der Waals surface area contributed by atoms with Gasteiger partial charge in [-0.15, -0.1) is 0 Å². The quantitative estimate of drug-likeness (QED) is 0.725. The molecule has 0 saturated carbocycles. The van der Waals surface area contributed by atoms with Gasteiger partial charge in [0.05, 0.1) is 24.9 Å². The highest BCUT2D eigenvalue weighted by Gasteiger charge is 2.24. The molecular formula is C11H24N2O2. The molecule has 1 aliphatic heterocycles. The topological polar surface area (TPSA) is 47.7 Å². The van der Waals surface area contributed by atoms with Gasteiger partial charge in [0.25, 0.3) is 0 Å². The minimum atomic E-state index is -0.195. The van der Waals surface area contributed by atoms with Crippen molar-refractivity contribution in [3.8, 4) is 0 Å². The van der Waals surface area contributed by atoms with Crippen LogP contribution >= 0.6 is 0 Å². The Morgan fingerprint density at radius 1 is 1.60 bits per heavy atom. The van der Waals surface area contributed by atoms with Crippen molar-refractivity contribution < 1.29 is 9.47 Å². The molecule has 15 heavy (non-hydrogen) atoms. The fraction of sp³-hybridized carbons (Fsp3) is 1.00. The Morgan fingerprint density at radius 3 is 2.87 bits per heavy atom. The molecule has 1 heterocycles. The lowest BCUT2D eigenvalue weighted by atomic mass is 10.0. The van der Waals surface area contributed by atoms with E-state index in [9.17, 15) is 0 Å². The fourth-order valence-corrected chi connectivity index (χ4v) is 1.57. The van der Waals surface area contributed by atoms with Crippen LogP contribution in [0.1, 0.15) is 20.3 Å². The van der Waals surface area contributed by atoms with Gasteiger partial charge in [0.1, 0.15) is 0 Å². The summed E-state index contributed by atoms with van der Waals surface area (Å²) in [5.41, 5.74) is 5.49. The number of hydrogen-bond donors (Lipinski definition) is 1. The molecule has 1 aliphatic rings. The second-order valence-corrected chi connectivity index (χ2v) is 4.57. The summed E-state index contributed by atoms with van der Waals surface area (Å²) < 4.78 is 11.5. The summed E-state index contributed by atoms with van der Waals surface area (Å²) in [6.07, 6.45) is 1.13. The van der Waals surface area contributed by atoms with Gasteiger partial charge >= 0.3 is 0 Å². The standard InChI is InChI=1S/C11H24N2O2/c1-4-11(2,9-12)15-8-10-7-13(3)5-6-14-10/h10H,4-9,12H2,1-3H3. The summed E-state index contributed by atoms with van der Waals surface area (Å²) in [7, 11) is 2.11. The van der Waals surface area contributed by atoms with E-state index in [-0.39, 0.29) is 11.7 Å². The van der Waals surface area contributed by atoms with E-state index in [0.717, 1.165) is 26.1 Å². The zero-order valence-electron chi connectivity index (χ0n) is 10.2. The largest absolute Gasteiger partial charge is 0.373 e. The van der Waals surface area contributed by atoms with Crippen LogP contribution in [-0.2, 0) is 9.47 Å². The molecule has 4 heteroatoms. The maximum Gasteiger partial charge on any atom is 0.0935 e. The SMILES string of the molecule is CCC(C)(CN)OCC1CN(C)CCO1. The number of hydrogen-bond acceptors (Lipinski definition) is 4. The van der Waals surface area contributed by atoms with Crippen LogP contribution in [0.15, 0.2) is 0 Å². The lowest BCUT2D eigenvalue weighted by molar-refractivity contribution is -0.108. The molecule has 0 aromatic carbocycles. The van der Waals surface area contributed by atoms with Gasteiger partial charge in [-0.2, -0.15) is 0 Å². The molecular weight excluding hydrogens is 192 g/mol. The summed E-state index contributed by atoms with van der Waals surface area (Å²) in [6, 6.07) is 0. The van der Waals surface area contributed by atoms with Gasteiger partial charge in [-0.3, -0.25) is 0 Å². The van der Waals surface area contributed by atoms with Crippen LogP contribution < -0.4 is 5.73 Å². The Labute approximate surface area is 92.7 Å². The molecule has 2 unspecified atom stereocenters. The molecule has 4 nitrogen and oxygen atoms in total. The lowest BCUT2D eigenvalue weighted by Gasteiger charge is -2.33. The summed E-state index contributed by atoms with van der Waals surface area (Å²) in [6.45, 7) is 8.12. The van der Waals surface area contributed by atoms with E-state index in [4.69, 9.17) is 15.2 Å². The predicted molar refractivity (Wildman–Crippen MR) is 60.9 cm³/mol. The van der Waals surface area contributed by atoms with Crippen LogP contribution in [0, 0.1) is 0 Å². The number of rotatable bonds is 5. The summed E-state index contributed by atoms with van der Waals surface area (Å²) in [4.78, 5) is 2.27. The summed E-state index contributed by atoms with van der Waals surface area (Å²) >= 11 is 0. The van der Waals surface area contributed by atoms with Crippen LogP contribution in [0.25, 0.3) is 0 Å². The van der Waals surface area contributed by atoms with E-state index < -0.39 is 0 Å². The van der Waals surface area contributed by atoms with Crippen molar-refractivity contribution in [1.82, 2.24) is 4.90 Å². The molecule has 2 N–H and O–H groups in total. The smallest absolute Gasteiger partial charge is 0.0935 e. The fourth-order valence-electron chi connectivity index (χ4n) is 1.57. The van der Waals surface area contributed by atoms with Crippen molar-refractivity contribution in [2.45, 2.75) is 32.0 Å². The van der Waals surface area contributed by atoms with Gasteiger partial charge in [-0.05, 0) is 20.4 Å². The number of likely N-dealkylation sites (N-methyl/N-ethyl adjacent to an activating group) is 1. The first-order valence-electron chi connectivity index (χ1n) is 5.74. The Bertz CT molecular complexity index is 183. The minimum Gasteiger partial charge on any atom is -0.373 e. The van der Waals surface area contributed by atoms with Crippen LogP contribution in [0.4, 0.5) is 0 Å². The highest BCUT2D eigenvalue weighted by molar-refractivity contribution is 4.76. The van der Waals surface area contributed by atoms with E-state index in [2.05, 4.69) is 25.8 Å². The van der Waals surface area contributed by atoms with Crippen LogP contribution in [-0.4, -0.2) is 56.5 Å². The number of morpholine rings is 1. The molecule has 1 fully saturated rings. The van der Waals surface area contributed by atoms with Crippen molar-refractivity contribution in [3.05, 3.63) is 0 Å². The second-order valence-electron chi connectivity index (χ2n) is 4.57. The van der Waals surface area contributed by atoms with Crippen molar-refractivity contribution >= 4 is 0 Å². The number of ether oxygens (including phenoxy) is 2. The van der Waals surface area contributed by atoms with E-state index in [1.54, 1.807) is 0 Å². The third kappa shape index (κ3) is 4.07. The molecule has 2 atom stereocenters. The molecule has 90 valence electrons. The van der Waals surface area contributed by atoms with Crippen LogP contribution in [0.2, 0.25) is 0 Å². The van der Waals surface area contributed by atoms with E-state index >= 15 is 0 Å². The van der Waals surface area contributed by atoms with Crippen LogP contribution in [0.5, 0.6) is 0 Å². The van der Waals surface area contributed by atoms with Gasteiger partial charge in [0.2, 0.25) is 0 Å². The molecule has 0 aromatic heterocycles. The summed E-state index contributed by atoms with van der Waals surface area (Å²) in [5.74, 6) is 0. The normalized spacial score (nSPS) is 27.6. The third-order valence-electron chi connectivity index (χ3n) is 3.14. The average molecular weight is 216 g/mol. The second kappa shape index (κ2) is 5.80. The van der Waals surface area contributed by atoms with Crippen molar-refractivity contribution in [2.24, 2.45) is 5.73 Å². The van der Waals surface area contributed by atoms with Gasteiger partial charge in [0.15, 0.2) is 0 Å². The predicted octanol–water partition coefficient (Wildman–Crippen LogP) is 0.461. The number of nitrogens with zero attached hydrogens (tertiary/aromatic N) is 1. The molecule has 0 radical (unpaired) electrons. The third-order valence-corrected chi connectivity index (χ3v) is 3.14. The zero-order valence-corrected chi connectivity index (χ0v) is 10.2. The summed E-state index contributed by atoms with van der Waals surface area (Å²) in [5, 5.41) is 0. The molecule has 1 rings (SSSR count). The van der Waals surface area contributed by atoms with Gasteiger partial charge < -0.3 is 20.1 Å². The van der Waals surface area contributed by atoms with E-state index in [1.807, 2.05) is 0 Å². The molecule has 0 bridgehead atoms. The van der Waals surface area contributed by atoms with Gasteiger partial charge in [0, 0.05) is 19.6 Å². The monoisotopic (exact) mass is 216 g/mol. The van der Waals surface area contributed by atoms with E-state index in [1.165, 1.54) is 0 Å². The molecule has 0 spiro atoms. The Balaban J connectivity index is 2.29. The lowest BCUT2D eigenvalue weighted by Crippen LogP contribution is -2.45. The highest BCUT2D eigenvalue weighted by atomic mass is 16.5. The Kier molecular flexibility index (Phi) is 4.99. The highest BCUT2D eigenvalue weighted by Crippen LogP contribution is 2.15. The zero-order chi connectivity index (χ0) is 11.3. The first-order valence-corrected chi connectivity index (χ1v) is 5.74. The minimum absolute atomic E-state index is 0.195. The Morgan fingerprint density at radius 2 is 2.33 bits per heavy atom. The molecule has 0 aromatic rings. The van der Waals surface area contributed by atoms with E-state index in [0.29, 0.717) is 13.2 Å². The first-order chi connectivity index (χ1) is 7.09. The van der Waals surface area contributed by atoms with Gasteiger partial charge in [-0.1, -0.05) is 6.92 Å². The van der Waals surface area contributed by atoms with Crippen molar-refractivity contribution in [3.63, 3.8) is 0 Å². The van der Waals surface area contributed by atoms with Crippen molar-refractivity contribution in [2.75, 3.05) is 39.9 Å².